The van der Waals surface area contributed by atoms with E-state index in [1.54, 1.807) is 6.20 Å². The Hall–Kier alpha value is -1.65. The highest BCUT2D eigenvalue weighted by molar-refractivity contribution is 5.70. The maximum atomic E-state index is 10.8. The first-order chi connectivity index (χ1) is 8.24. The second-order valence-electron chi connectivity index (χ2n) is 4.77. The summed E-state index contributed by atoms with van der Waals surface area (Å²) < 4.78 is 0. The molecule has 1 aliphatic carbocycles. The van der Waals surface area contributed by atoms with Crippen molar-refractivity contribution in [1.29, 1.82) is 0 Å². The van der Waals surface area contributed by atoms with Gasteiger partial charge in [0.25, 0.3) is 0 Å². The normalized spacial score (nSPS) is 18.9. The van der Waals surface area contributed by atoms with E-state index in [1.165, 1.54) is 6.42 Å². The van der Waals surface area contributed by atoms with Crippen LogP contribution in [0.3, 0.4) is 0 Å². The molecule has 1 aromatic heterocycles. The number of hydrogen-bond donors (Lipinski definition) is 1. The number of aliphatic carboxylic acids is 1. The second kappa shape index (κ2) is 3.98. The van der Waals surface area contributed by atoms with E-state index in [0.29, 0.717) is 5.92 Å². The number of anilines is 1. The van der Waals surface area contributed by atoms with Gasteiger partial charge < -0.3 is 10.0 Å². The lowest BCUT2D eigenvalue weighted by molar-refractivity contribution is -0.136. The fraction of sp³-hybridized carbons (Fsp3) is 0.583. The summed E-state index contributed by atoms with van der Waals surface area (Å²) in [5.41, 5.74) is 1.74. The molecule has 2 fully saturated rings. The molecule has 1 N–H and O–H groups in total. The summed E-state index contributed by atoms with van der Waals surface area (Å²) in [5, 5.41) is 8.86. The fourth-order valence-electron chi connectivity index (χ4n) is 2.09. The smallest absolute Gasteiger partial charge is 0.307 e. The molecule has 5 heteroatoms. The molecule has 0 radical (unpaired) electrons. The molecule has 0 bridgehead atoms. The van der Waals surface area contributed by atoms with Crippen molar-refractivity contribution < 1.29 is 9.90 Å². The van der Waals surface area contributed by atoms with Gasteiger partial charge in [-0.3, -0.25) is 4.79 Å². The van der Waals surface area contributed by atoms with Crippen LogP contribution in [-0.4, -0.2) is 34.1 Å². The lowest BCUT2D eigenvalue weighted by Crippen LogP contribution is -2.38. The summed E-state index contributed by atoms with van der Waals surface area (Å²) in [6.45, 7) is 2.03. The van der Waals surface area contributed by atoms with E-state index in [1.807, 2.05) is 0 Å². The molecule has 0 aromatic carbocycles. The predicted molar refractivity (Wildman–Crippen MR) is 62.2 cm³/mol. The van der Waals surface area contributed by atoms with Crippen LogP contribution in [0.25, 0.3) is 0 Å². The molecule has 0 amide bonds. The molecule has 1 saturated carbocycles. The van der Waals surface area contributed by atoms with Crippen molar-refractivity contribution in [2.45, 2.75) is 31.6 Å². The van der Waals surface area contributed by atoms with Gasteiger partial charge in [0.15, 0.2) is 0 Å². The van der Waals surface area contributed by atoms with E-state index in [9.17, 15) is 4.79 Å². The molecule has 0 spiro atoms. The van der Waals surface area contributed by atoms with Gasteiger partial charge in [-0.2, -0.15) is 0 Å². The number of carboxylic acids is 1. The predicted octanol–water partition coefficient (Wildman–Crippen LogP) is 1.19. The highest BCUT2D eigenvalue weighted by atomic mass is 16.4. The van der Waals surface area contributed by atoms with Gasteiger partial charge in [0.05, 0.1) is 12.1 Å². The van der Waals surface area contributed by atoms with E-state index in [2.05, 4.69) is 14.9 Å². The molecule has 17 heavy (non-hydrogen) atoms. The van der Waals surface area contributed by atoms with Gasteiger partial charge >= 0.3 is 5.97 Å². The zero-order chi connectivity index (χ0) is 11.8. The summed E-state index contributed by atoms with van der Waals surface area (Å²) in [6.07, 6.45) is 5.18. The lowest BCUT2D eigenvalue weighted by Gasteiger charge is -2.31. The second-order valence-corrected chi connectivity index (χ2v) is 4.77. The Kier molecular flexibility index (Phi) is 2.46. The van der Waals surface area contributed by atoms with Gasteiger partial charge in [0.2, 0.25) is 5.95 Å². The third kappa shape index (κ3) is 2.09. The summed E-state index contributed by atoms with van der Waals surface area (Å²) in [5.74, 6) is 0.423. The maximum absolute atomic E-state index is 10.8. The van der Waals surface area contributed by atoms with Crippen LogP contribution >= 0.6 is 0 Å². The molecule has 90 valence electrons. The number of carbonyl (C=O) groups is 1. The molecule has 1 aliphatic heterocycles. The van der Waals surface area contributed by atoms with Crippen molar-refractivity contribution in [3.8, 4) is 0 Å². The number of rotatable bonds is 4. The molecule has 2 heterocycles. The van der Waals surface area contributed by atoms with Gasteiger partial charge in [-0.1, -0.05) is 0 Å². The maximum Gasteiger partial charge on any atom is 0.307 e. The highest BCUT2D eigenvalue weighted by Crippen LogP contribution is 2.41. The number of aromatic nitrogens is 2. The Morgan fingerprint density at radius 3 is 2.76 bits per heavy atom. The Balaban J connectivity index is 1.90. The van der Waals surface area contributed by atoms with Gasteiger partial charge in [0, 0.05) is 30.8 Å². The summed E-state index contributed by atoms with van der Waals surface area (Å²) in [4.78, 5) is 21.8. The Morgan fingerprint density at radius 1 is 1.47 bits per heavy atom. The Labute approximate surface area is 99.5 Å². The fourth-order valence-corrected chi connectivity index (χ4v) is 2.09. The first-order valence-corrected chi connectivity index (χ1v) is 6.06. The molecule has 2 aliphatic rings. The molecule has 3 rings (SSSR count). The molecule has 0 unspecified atom stereocenters. The minimum Gasteiger partial charge on any atom is -0.481 e. The van der Waals surface area contributed by atoms with Crippen molar-refractivity contribution in [3.63, 3.8) is 0 Å². The van der Waals surface area contributed by atoms with Crippen LogP contribution in [0.15, 0.2) is 6.20 Å². The van der Waals surface area contributed by atoms with E-state index >= 15 is 0 Å². The Morgan fingerprint density at radius 2 is 2.24 bits per heavy atom. The molecule has 5 nitrogen and oxygen atoms in total. The topological polar surface area (TPSA) is 66.3 Å². The molecule has 1 aromatic rings. The average molecular weight is 233 g/mol. The van der Waals surface area contributed by atoms with Crippen molar-refractivity contribution >= 4 is 11.9 Å². The monoisotopic (exact) mass is 233 g/mol. The van der Waals surface area contributed by atoms with Crippen LogP contribution < -0.4 is 4.90 Å². The molecule has 0 atom stereocenters. The van der Waals surface area contributed by atoms with E-state index in [0.717, 1.165) is 43.1 Å². The Bertz CT molecular complexity index is 453. The third-order valence-electron chi connectivity index (χ3n) is 3.33. The zero-order valence-electron chi connectivity index (χ0n) is 9.59. The van der Waals surface area contributed by atoms with Gasteiger partial charge in [-0.15, -0.1) is 0 Å². The standard InChI is InChI=1S/C12H15N3O2/c16-10(17)6-9-7-13-12(15-4-1-5-15)14-11(9)8-2-3-8/h7-8H,1-6H2,(H,16,17). The van der Waals surface area contributed by atoms with Crippen LogP contribution in [0.2, 0.25) is 0 Å². The summed E-state index contributed by atoms with van der Waals surface area (Å²) >= 11 is 0. The zero-order valence-corrected chi connectivity index (χ0v) is 9.59. The van der Waals surface area contributed by atoms with Crippen LogP contribution in [0.1, 0.15) is 36.4 Å². The van der Waals surface area contributed by atoms with Crippen molar-refractivity contribution in [2.75, 3.05) is 18.0 Å². The van der Waals surface area contributed by atoms with E-state index < -0.39 is 5.97 Å². The molecule has 1 saturated heterocycles. The molecular weight excluding hydrogens is 218 g/mol. The number of nitrogens with zero attached hydrogens (tertiary/aromatic N) is 3. The minimum atomic E-state index is -0.813. The van der Waals surface area contributed by atoms with Gasteiger partial charge in [-0.25, -0.2) is 9.97 Å². The number of carboxylic acid groups (broad SMARTS) is 1. The first-order valence-electron chi connectivity index (χ1n) is 6.06. The van der Waals surface area contributed by atoms with Gasteiger partial charge in [-0.05, 0) is 19.3 Å². The van der Waals surface area contributed by atoms with Crippen LogP contribution in [0.4, 0.5) is 5.95 Å². The first kappa shape index (κ1) is 10.5. The lowest BCUT2D eigenvalue weighted by atomic mass is 10.1. The van der Waals surface area contributed by atoms with Crippen LogP contribution in [0, 0.1) is 0 Å². The average Bonchev–Trinajstić information content (AvgIpc) is 3.00. The highest BCUT2D eigenvalue weighted by Gasteiger charge is 2.30. The van der Waals surface area contributed by atoms with Crippen LogP contribution in [-0.2, 0) is 11.2 Å². The van der Waals surface area contributed by atoms with Crippen molar-refractivity contribution in [2.24, 2.45) is 0 Å². The van der Waals surface area contributed by atoms with Gasteiger partial charge in [0.1, 0.15) is 0 Å². The summed E-state index contributed by atoms with van der Waals surface area (Å²) in [7, 11) is 0. The minimum absolute atomic E-state index is 0.0338. The van der Waals surface area contributed by atoms with Crippen molar-refractivity contribution in [3.05, 3.63) is 17.5 Å². The molecular formula is C12H15N3O2. The van der Waals surface area contributed by atoms with E-state index in [-0.39, 0.29) is 6.42 Å². The van der Waals surface area contributed by atoms with E-state index in [4.69, 9.17) is 5.11 Å². The SMILES string of the molecule is O=C(O)Cc1cnc(N2CCC2)nc1C1CC1. The largest absolute Gasteiger partial charge is 0.481 e. The number of hydrogen-bond acceptors (Lipinski definition) is 4. The quantitative estimate of drug-likeness (QED) is 0.846. The third-order valence-corrected chi connectivity index (χ3v) is 3.33. The summed E-state index contributed by atoms with van der Waals surface area (Å²) in [6, 6.07) is 0. The van der Waals surface area contributed by atoms with Crippen molar-refractivity contribution in [1.82, 2.24) is 9.97 Å². The van der Waals surface area contributed by atoms with Crippen LogP contribution in [0.5, 0.6) is 0 Å².